The summed E-state index contributed by atoms with van der Waals surface area (Å²) >= 11 is 3.34. The second-order valence-corrected chi connectivity index (χ2v) is 3.70. The van der Waals surface area contributed by atoms with Crippen molar-refractivity contribution in [1.82, 2.24) is 4.98 Å². The molecule has 3 nitrogen and oxygen atoms in total. The molecule has 1 N–H and O–H groups in total. The van der Waals surface area contributed by atoms with Crippen LogP contribution in [0.3, 0.4) is 0 Å². The normalized spacial score (nSPS) is 10.4. The fraction of sp³-hybridized carbons (Fsp3) is 0.100. The molecule has 0 radical (unpaired) electrons. The van der Waals surface area contributed by atoms with E-state index in [0.717, 1.165) is 9.99 Å². The van der Waals surface area contributed by atoms with Gasteiger partial charge < -0.3 is 9.72 Å². The third kappa shape index (κ3) is 1.32. The van der Waals surface area contributed by atoms with Crippen LogP contribution in [0.25, 0.3) is 10.9 Å². The lowest BCUT2D eigenvalue weighted by Gasteiger charge is -2.05. The number of halogens is 1. The van der Waals surface area contributed by atoms with Crippen molar-refractivity contribution in [2.24, 2.45) is 0 Å². The van der Waals surface area contributed by atoms with Crippen LogP contribution in [0.2, 0.25) is 0 Å². The molecule has 0 aliphatic rings. The number of fused-ring (bicyclic) bond motifs is 1. The van der Waals surface area contributed by atoms with E-state index >= 15 is 0 Å². The molecule has 72 valence electrons. The number of aromatic nitrogens is 1. The molecule has 1 heterocycles. The largest absolute Gasteiger partial charge is 0.495 e. The Kier molecular flexibility index (Phi) is 2.29. The van der Waals surface area contributed by atoms with Crippen LogP contribution < -0.4 is 10.2 Å². The molecule has 2 aromatic rings. The highest BCUT2D eigenvalue weighted by Gasteiger charge is 2.07. The molecule has 4 heteroatoms. The molecule has 0 saturated heterocycles. The number of H-pyrrole nitrogens is 1. The Morgan fingerprint density at radius 3 is 2.86 bits per heavy atom. The third-order valence-corrected chi connectivity index (χ3v) is 2.71. The highest BCUT2D eigenvalue weighted by Crippen LogP contribution is 2.27. The van der Waals surface area contributed by atoms with Gasteiger partial charge in [-0.2, -0.15) is 0 Å². The summed E-state index contributed by atoms with van der Waals surface area (Å²) in [7, 11) is 1.58. The summed E-state index contributed by atoms with van der Waals surface area (Å²) in [5.74, 6) is 0.668. The van der Waals surface area contributed by atoms with Crippen LogP contribution >= 0.6 is 15.9 Å². The van der Waals surface area contributed by atoms with E-state index in [1.54, 1.807) is 19.4 Å². The Morgan fingerprint density at radius 2 is 2.14 bits per heavy atom. The van der Waals surface area contributed by atoms with Gasteiger partial charge in [-0.15, -0.1) is 0 Å². The number of pyridine rings is 1. The van der Waals surface area contributed by atoms with Crippen LogP contribution in [0.15, 0.2) is 33.7 Å². The highest BCUT2D eigenvalue weighted by molar-refractivity contribution is 9.10. The van der Waals surface area contributed by atoms with Gasteiger partial charge in [-0.1, -0.05) is 0 Å². The maximum Gasteiger partial charge on any atom is 0.190 e. The lowest BCUT2D eigenvalue weighted by molar-refractivity contribution is 0.419. The Hall–Kier alpha value is -1.29. The van der Waals surface area contributed by atoms with Gasteiger partial charge in [0, 0.05) is 16.7 Å². The van der Waals surface area contributed by atoms with Crippen molar-refractivity contribution >= 4 is 26.8 Å². The minimum atomic E-state index is -0.0236. The Labute approximate surface area is 88.8 Å². The maximum absolute atomic E-state index is 11.6. The van der Waals surface area contributed by atoms with Crippen LogP contribution in [0.1, 0.15) is 0 Å². The molecule has 1 aromatic carbocycles. The summed E-state index contributed by atoms with van der Waals surface area (Å²) in [5, 5.41) is 0.617. The average molecular weight is 254 g/mol. The first-order valence-electron chi connectivity index (χ1n) is 4.08. The van der Waals surface area contributed by atoms with Gasteiger partial charge in [0.25, 0.3) is 0 Å². The molecule has 0 unspecified atom stereocenters. The van der Waals surface area contributed by atoms with Gasteiger partial charge in [-0.25, -0.2) is 0 Å². The first-order valence-corrected chi connectivity index (χ1v) is 4.87. The molecule has 14 heavy (non-hydrogen) atoms. The quantitative estimate of drug-likeness (QED) is 0.848. The van der Waals surface area contributed by atoms with Gasteiger partial charge in [0.05, 0.1) is 18.0 Å². The molecule has 0 bridgehead atoms. The number of hydrogen-bond donors (Lipinski definition) is 1. The molecule has 0 saturated carbocycles. The second kappa shape index (κ2) is 3.46. The number of nitrogens with one attached hydrogen (secondary N) is 1. The number of hydrogen-bond acceptors (Lipinski definition) is 2. The van der Waals surface area contributed by atoms with Gasteiger partial charge in [-0.05, 0) is 28.1 Å². The molecular formula is C10H8BrNO2. The second-order valence-electron chi connectivity index (χ2n) is 2.84. The standard InChI is InChI=1S/C10H8BrNO2/c1-14-8-3-2-6(11)9-7(13)4-5-12-10(8)9/h2-5H,1H3,(H,12,13). The van der Waals surface area contributed by atoms with Gasteiger partial charge in [-0.3, -0.25) is 4.79 Å². The van der Waals surface area contributed by atoms with E-state index in [1.807, 2.05) is 6.07 Å². The minimum Gasteiger partial charge on any atom is -0.495 e. The number of ether oxygens (including phenoxy) is 1. The monoisotopic (exact) mass is 253 g/mol. The van der Waals surface area contributed by atoms with Crippen molar-refractivity contribution in [3.05, 3.63) is 39.1 Å². The minimum absolute atomic E-state index is 0.0236. The Bertz CT molecular complexity index is 533. The van der Waals surface area contributed by atoms with Crippen molar-refractivity contribution < 1.29 is 4.74 Å². The van der Waals surface area contributed by atoms with E-state index in [-0.39, 0.29) is 5.43 Å². The van der Waals surface area contributed by atoms with Crippen molar-refractivity contribution in [3.63, 3.8) is 0 Å². The third-order valence-electron chi connectivity index (χ3n) is 2.04. The van der Waals surface area contributed by atoms with E-state index in [4.69, 9.17) is 4.74 Å². The summed E-state index contributed by atoms with van der Waals surface area (Å²) in [5.41, 5.74) is 0.693. The molecule has 0 spiro atoms. The zero-order valence-corrected chi connectivity index (χ0v) is 9.09. The smallest absolute Gasteiger partial charge is 0.190 e. The SMILES string of the molecule is COc1ccc(Br)c2c(=O)cc[nH]c12. The molecule has 0 fully saturated rings. The highest BCUT2D eigenvalue weighted by atomic mass is 79.9. The fourth-order valence-corrected chi connectivity index (χ4v) is 1.92. The van der Waals surface area contributed by atoms with Crippen LogP contribution in [0.4, 0.5) is 0 Å². The van der Waals surface area contributed by atoms with E-state index in [9.17, 15) is 4.79 Å². The van der Waals surface area contributed by atoms with Crippen molar-refractivity contribution in [1.29, 1.82) is 0 Å². The van der Waals surface area contributed by atoms with Crippen LogP contribution in [0.5, 0.6) is 5.75 Å². The topological polar surface area (TPSA) is 42.1 Å². The number of rotatable bonds is 1. The lowest BCUT2D eigenvalue weighted by atomic mass is 10.2. The zero-order chi connectivity index (χ0) is 10.1. The summed E-state index contributed by atoms with van der Waals surface area (Å²) in [4.78, 5) is 14.6. The van der Waals surface area contributed by atoms with Crippen molar-refractivity contribution in [2.75, 3.05) is 7.11 Å². The molecule has 1 aromatic heterocycles. The lowest BCUT2D eigenvalue weighted by Crippen LogP contribution is -2.02. The molecule has 0 atom stereocenters. The summed E-state index contributed by atoms with van der Waals surface area (Å²) in [6.07, 6.45) is 1.61. The van der Waals surface area contributed by atoms with Crippen molar-refractivity contribution in [3.8, 4) is 5.75 Å². The predicted molar refractivity (Wildman–Crippen MR) is 58.8 cm³/mol. The first kappa shape index (κ1) is 9.27. The van der Waals surface area contributed by atoms with E-state index in [2.05, 4.69) is 20.9 Å². The number of benzene rings is 1. The fourth-order valence-electron chi connectivity index (χ4n) is 1.40. The summed E-state index contributed by atoms with van der Waals surface area (Å²) < 4.78 is 5.92. The Balaban J connectivity index is 2.99. The van der Waals surface area contributed by atoms with Crippen molar-refractivity contribution in [2.45, 2.75) is 0 Å². The van der Waals surface area contributed by atoms with E-state index < -0.39 is 0 Å². The van der Waals surface area contributed by atoms with Gasteiger partial charge in [0.1, 0.15) is 5.75 Å². The zero-order valence-electron chi connectivity index (χ0n) is 7.50. The van der Waals surface area contributed by atoms with Gasteiger partial charge in [0.15, 0.2) is 5.43 Å². The molecule has 2 rings (SSSR count). The van der Waals surface area contributed by atoms with E-state index in [1.165, 1.54) is 6.07 Å². The summed E-state index contributed by atoms with van der Waals surface area (Å²) in [6, 6.07) is 5.10. The maximum atomic E-state index is 11.6. The van der Waals surface area contributed by atoms with Crippen LogP contribution in [-0.2, 0) is 0 Å². The molecule has 0 amide bonds. The van der Waals surface area contributed by atoms with Gasteiger partial charge >= 0.3 is 0 Å². The average Bonchev–Trinajstić information content (AvgIpc) is 2.18. The summed E-state index contributed by atoms with van der Waals surface area (Å²) in [6.45, 7) is 0. The predicted octanol–water partition coefficient (Wildman–Crippen LogP) is 2.30. The van der Waals surface area contributed by atoms with Crippen LogP contribution in [-0.4, -0.2) is 12.1 Å². The van der Waals surface area contributed by atoms with Gasteiger partial charge in [0.2, 0.25) is 0 Å². The number of methoxy groups -OCH3 is 1. The Morgan fingerprint density at radius 1 is 1.36 bits per heavy atom. The molecule has 0 aliphatic carbocycles. The number of aromatic amines is 1. The van der Waals surface area contributed by atoms with Crippen LogP contribution in [0, 0.1) is 0 Å². The van der Waals surface area contributed by atoms with E-state index in [0.29, 0.717) is 11.1 Å². The molecular weight excluding hydrogens is 246 g/mol. The first-order chi connectivity index (χ1) is 6.74. The molecule has 0 aliphatic heterocycles.